The van der Waals surface area contributed by atoms with Gasteiger partial charge in [0.15, 0.2) is 0 Å². The molecule has 2 rings (SSSR count). The molecule has 1 aromatic carbocycles. The van der Waals surface area contributed by atoms with Crippen molar-refractivity contribution in [3.05, 3.63) is 29.8 Å². The van der Waals surface area contributed by atoms with E-state index in [1.165, 1.54) is 0 Å². The van der Waals surface area contributed by atoms with Crippen LogP contribution in [0.5, 0.6) is 5.75 Å². The molecule has 1 amide bonds. The molecule has 0 radical (unpaired) electrons. The first-order valence-corrected chi connectivity index (χ1v) is 6.39. The summed E-state index contributed by atoms with van der Waals surface area (Å²) in [5, 5.41) is 9.46. The van der Waals surface area contributed by atoms with Gasteiger partial charge in [-0.1, -0.05) is 12.1 Å². The quantitative estimate of drug-likeness (QED) is 0.781. The smallest absolute Gasteiger partial charge is 0.241 e. The minimum Gasteiger partial charge on any atom is -0.508 e. The van der Waals surface area contributed by atoms with E-state index in [9.17, 15) is 9.90 Å². The van der Waals surface area contributed by atoms with E-state index in [4.69, 9.17) is 12.2 Å². The first kappa shape index (κ1) is 13.4. The van der Waals surface area contributed by atoms with Crippen LogP contribution < -0.4 is 5.73 Å². The van der Waals surface area contributed by atoms with Gasteiger partial charge in [0.2, 0.25) is 5.91 Å². The SMILES string of the molecule is C#CCC(N)C(=O)N(Cc1cccc(O)c1)C1CC1. The van der Waals surface area contributed by atoms with Crippen LogP contribution in [0.2, 0.25) is 0 Å². The topological polar surface area (TPSA) is 66.6 Å². The molecule has 1 aromatic rings. The third kappa shape index (κ3) is 3.49. The van der Waals surface area contributed by atoms with Crippen LogP contribution >= 0.6 is 0 Å². The first-order chi connectivity index (χ1) is 9.11. The van der Waals surface area contributed by atoms with Crippen LogP contribution in [-0.4, -0.2) is 28.0 Å². The molecule has 4 heteroatoms. The highest BCUT2D eigenvalue weighted by Crippen LogP contribution is 2.29. The fourth-order valence-electron chi connectivity index (χ4n) is 2.05. The summed E-state index contributed by atoms with van der Waals surface area (Å²) in [7, 11) is 0. The van der Waals surface area contributed by atoms with Gasteiger partial charge in [0.1, 0.15) is 5.75 Å². The Hall–Kier alpha value is -1.99. The van der Waals surface area contributed by atoms with E-state index in [-0.39, 0.29) is 24.1 Å². The molecular formula is C15H18N2O2. The molecule has 0 spiro atoms. The van der Waals surface area contributed by atoms with Crippen molar-refractivity contribution in [3.8, 4) is 18.1 Å². The average molecular weight is 258 g/mol. The standard InChI is InChI=1S/C15H18N2O2/c1-2-4-14(16)15(19)17(12-7-8-12)10-11-5-3-6-13(18)9-11/h1,3,5-6,9,12,14,18H,4,7-8,10,16H2. The first-order valence-electron chi connectivity index (χ1n) is 6.39. The molecule has 0 heterocycles. The van der Waals surface area contributed by atoms with Crippen LogP contribution in [0.15, 0.2) is 24.3 Å². The minimum absolute atomic E-state index is 0.108. The molecule has 1 unspecified atom stereocenters. The van der Waals surface area contributed by atoms with E-state index in [0.717, 1.165) is 18.4 Å². The Balaban J connectivity index is 2.08. The third-order valence-electron chi connectivity index (χ3n) is 3.19. The van der Waals surface area contributed by atoms with Gasteiger partial charge in [-0.3, -0.25) is 4.79 Å². The zero-order valence-electron chi connectivity index (χ0n) is 10.7. The molecule has 4 nitrogen and oxygen atoms in total. The van der Waals surface area contributed by atoms with Crippen LogP contribution in [0.4, 0.5) is 0 Å². The Morgan fingerprint density at radius 1 is 1.58 bits per heavy atom. The third-order valence-corrected chi connectivity index (χ3v) is 3.19. The number of amides is 1. The molecule has 19 heavy (non-hydrogen) atoms. The van der Waals surface area contributed by atoms with Crippen molar-refractivity contribution in [1.29, 1.82) is 0 Å². The number of phenolic OH excluding ortho intramolecular Hbond substituents is 1. The van der Waals surface area contributed by atoms with Crippen LogP contribution in [0.1, 0.15) is 24.8 Å². The van der Waals surface area contributed by atoms with Crippen molar-refractivity contribution in [2.75, 3.05) is 0 Å². The monoisotopic (exact) mass is 258 g/mol. The highest BCUT2D eigenvalue weighted by atomic mass is 16.3. The second-order valence-corrected chi connectivity index (χ2v) is 4.88. The second-order valence-electron chi connectivity index (χ2n) is 4.88. The number of rotatable bonds is 5. The van der Waals surface area contributed by atoms with Gasteiger partial charge in [-0.2, -0.15) is 0 Å². The summed E-state index contributed by atoms with van der Waals surface area (Å²) in [6.45, 7) is 0.468. The molecule has 1 atom stereocenters. The van der Waals surface area contributed by atoms with Gasteiger partial charge in [-0.15, -0.1) is 12.3 Å². The van der Waals surface area contributed by atoms with Crippen molar-refractivity contribution in [3.63, 3.8) is 0 Å². The van der Waals surface area contributed by atoms with Crippen molar-refractivity contribution in [2.45, 2.75) is 37.9 Å². The van der Waals surface area contributed by atoms with Gasteiger partial charge in [-0.25, -0.2) is 0 Å². The number of nitrogens with two attached hydrogens (primary N) is 1. The van der Waals surface area contributed by atoms with E-state index in [1.54, 1.807) is 23.1 Å². The average Bonchev–Trinajstić information content (AvgIpc) is 3.20. The van der Waals surface area contributed by atoms with Crippen LogP contribution in [0.25, 0.3) is 0 Å². The fraction of sp³-hybridized carbons (Fsp3) is 0.400. The normalized spacial score (nSPS) is 15.6. The molecule has 1 fully saturated rings. The minimum atomic E-state index is -0.636. The molecule has 3 N–H and O–H groups in total. The lowest BCUT2D eigenvalue weighted by Crippen LogP contribution is -2.44. The molecular weight excluding hydrogens is 240 g/mol. The maximum absolute atomic E-state index is 12.2. The van der Waals surface area contributed by atoms with E-state index < -0.39 is 6.04 Å². The van der Waals surface area contributed by atoms with Crippen molar-refractivity contribution in [1.82, 2.24) is 4.90 Å². The van der Waals surface area contributed by atoms with Crippen molar-refractivity contribution >= 4 is 5.91 Å². The number of hydrogen-bond acceptors (Lipinski definition) is 3. The number of carbonyl (C=O) groups excluding carboxylic acids is 1. The molecule has 1 saturated carbocycles. The van der Waals surface area contributed by atoms with Gasteiger partial charge < -0.3 is 15.7 Å². The number of carbonyl (C=O) groups is 1. The predicted molar refractivity (Wildman–Crippen MR) is 73.1 cm³/mol. The lowest BCUT2D eigenvalue weighted by molar-refractivity contribution is -0.133. The number of benzene rings is 1. The summed E-state index contributed by atoms with van der Waals surface area (Å²) in [5.74, 6) is 2.52. The molecule has 0 aromatic heterocycles. The lowest BCUT2D eigenvalue weighted by atomic mass is 10.1. The maximum Gasteiger partial charge on any atom is 0.241 e. The number of nitrogens with zero attached hydrogens (tertiary/aromatic N) is 1. The number of phenols is 1. The lowest BCUT2D eigenvalue weighted by Gasteiger charge is -2.25. The van der Waals surface area contributed by atoms with Crippen molar-refractivity contribution in [2.24, 2.45) is 5.73 Å². The van der Waals surface area contributed by atoms with Gasteiger partial charge in [-0.05, 0) is 30.5 Å². The zero-order chi connectivity index (χ0) is 13.8. The highest BCUT2D eigenvalue weighted by Gasteiger charge is 2.34. The summed E-state index contributed by atoms with van der Waals surface area (Å²) in [6, 6.07) is 6.55. The van der Waals surface area contributed by atoms with Gasteiger partial charge in [0.25, 0.3) is 0 Å². The number of hydrogen-bond donors (Lipinski definition) is 2. The highest BCUT2D eigenvalue weighted by molar-refractivity contribution is 5.82. The summed E-state index contributed by atoms with van der Waals surface area (Å²) in [4.78, 5) is 14.0. The van der Waals surface area contributed by atoms with E-state index in [2.05, 4.69) is 5.92 Å². The summed E-state index contributed by atoms with van der Waals surface area (Å²) < 4.78 is 0. The van der Waals surface area contributed by atoms with E-state index in [0.29, 0.717) is 6.54 Å². The van der Waals surface area contributed by atoms with Crippen LogP contribution in [0, 0.1) is 12.3 Å². The predicted octanol–water partition coefficient (Wildman–Crippen LogP) is 1.23. The fourth-order valence-corrected chi connectivity index (χ4v) is 2.05. The Kier molecular flexibility index (Phi) is 4.08. The number of terminal acetylenes is 1. The van der Waals surface area contributed by atoms with Gasteiger partial charge in [0, 0.05) is 19.0 Å². The van der Waals surface area contributed by atoms with Crippen molar-refractivity contribution < 1.29 is 9.90 Å². The molecule has 0 saturated heterocycles. The van der Waals surface area contributed by atoms with Gasteiger partial charge >= 0.3 is 0 Å². The Bertz CT molecular complexity index is 503. The van der Waals surface area contributed by atoms with Gasteiger partial charge in [0.05, 0.1) is 6.04 Å². The second kappa shape index (κ2) is 5.77. The molecule has 0 bridgehead atoms. The van der Waals surface area contributed by atoms with Crippen LogP contribution in [-0.2, 0) is 11.3 Å². The van der Waals surface area contributed by atoms with E-state index in [1.807, 2.05) is 6.07 Å². The van der Waals surface area contributed by atoms with E-state index >= 15 is 0 Å². The molecule has 100 valence electrons. The maximum atomic E-state index is 12.2. The molecule has 1 aliphatic rings. The Morgan fingerprint density at radius 2 is 2.32 bits per heavy atom. The summed E-state index contributed by atoms with van der Waals surface area (Å²) >= 11 is 0. The Morgan fingerprint density at radius 3 is 2.89 bits per heavy atom. The summed E-state index contributed by atoms with van der Waals surface area (Å²) in [6.07, 6.45) is 7.46. The molecule has 0 aliphatic heterocycles. The molecule has 1 aliphatic carbocycles. The van der Waals surface area contributed by atoms with Crippen LogP contribution in [0.3, 0.4) is 0 Å². The Labute approximate surface area is 113 Å². The summed E-state index contributed by atoms with van der Waals surface area (Å²) in [5.41, 5.74) is 6.69. The largest absolute Gasteiger partial charge is 0.508 e. The number of aromatic hydroxyl groups is 1. The zero-order valence-corrected chi connectivity index (χ0v) is 10.7.